The summed E-state index contributed by atoms with van der Waals surface area (Å²) in [7, 11) is -3.73. The van der Waals surface area contributed by atoms with Gasteiger partial charge in [0, 0.05) is 5.69 Å². The molecule has 162 valence electrons. The van der Waals surface area contributed by atoms with Gasteiger partial charge in [-0.3, -0.25) is 14.5 Å². The molecule has 1 amide bonds. The summed E-state index contributed by atoms with van der Waals surface area (Å²) < 4.78 is 32.2. The first-order valence-electron chi connectivity index (χ1n) is 9.74. The Morgan fingerprint density at radius 3 is 2.40 bits per heavy atom. The summed E-state index contributed by atoms with van der Waals surface area (Å²) in [6, 6.07) is 8.15. The van der Waals surface area contributed by atoms with Crippen LogP contribution < -0.4 is 10.0 Å². The van der Waals surface area contributed by atoms with Crippen molar-refractivity contribution in [3.63, 3.8) is 0 Å². The molecule has 1 atom stereocenters. The standard InChI is InChI=1S/C20H25N3O6S/c24-19(13-18(20(25)26)23-10-2-1-3-11-23)22-15-6-8-17(9-7-15)30(27,28)21-14-16-5-4-12-29-16/h4-9,12,18,21H,1-3,10-11,13-14H2,(H,22,24)(H,25,26)/t18-/m1/s1. The van der Waals surface area contributed by atoms with Crippen molar-refractivity contribution in [3.8, 4) is 0 Å². The zero-order chi connectivity index (χ0) is 21.6. The predicted octanol–water partition coefficient (Wildman–Crippen LogP) is 2.03. The number of piperidine rings is 1. The van der Waals surface area contributed by atoms with E-state index in [9.17, 15) is 23.1 Å². The Hall–Kier alpha value is -2.69. The van der Waals surface area contributed by atoms with Crippen LogP contribution in [0, 0.1) is 0 Å². The van der Waals surface area contributed by atoms with Gasteiger partial charge in [0.2, 0.25) is 15.9 Å². The van der Waals surface area contributed by atoms with E-state index in [4.69, 9.17) is 4.42 Å². The van der Waals surface area contributed by atoms with Crippen LogP contribution in [0.2, 0.25) is 0 Å². The van der Waals surface area contributed by atoms with Crippen LogP contribution in [0.4, 0.5) is 5.69 Å². The van der Waals surface area contributed by atoms with Crippen LogP contribution in [0.1, 0.15) is 31.4 Å². The minimum atomic E-state index is -3.73. The Morgan fingerprint density at radius 2 is 1.80 bits per heavy atom. The first-order valence-corrected chi connectivity index (χ1v) is 11.2. The third kappa shape index (κ3) is 5.91. The maximum atomic E-state index is 12.3. The number of carbonyl (C=O) groups excluding carboxylic acids is 1. The molecule has 1 aliphatic heterocycles. The van der Waals surface area contributed by atoms with Crippen LogP contribution in [0.5, 0.6) is 0 Å². The number of benzene rings is 1. The number of rotatable bonds is 9. The van der Waals surface area contributed by atoms with Gasteiger partial charge >= 0.3 is 5.97 Å². The number of furan rings is 1. The van der Waals surface area contributed by atoms with Crippen LogP contribution in [-0.4, -0.2) is 49.4 Å². The zero-order valence-electron chi connectivity index (χ0n) is 16.4. The van der Waals surface area contributed by atoms with E-state index in [0.29, 0.717) is 24.5 Å². The number of sulfonamides is 1. The van der Waals surface area contributed by atoms with E-state index in [1.807, 2.05) is 4.90 Å². The average Bonchev–Trinajstić information content (AvgIpc) is 3.25. The second-order valence-corrected chi connectivity index (χ2v) is 8.90. The van der Waals surface area contributed by atoms with Crippen LogP contribution >= 0.6 is 0 Å². The first kappa shape index (κ1) is 22.0. The Bertz CT molecular complexity index is 951. The SMILES string of the molecule is O=C(C[C@H](C(=O)O)N1CCCCC1)Nc1ccc(S(=O)(=O)NCc2ccco2)cc1. The van der Waals surface area contributed by atoms with Gasteiger partial charge in [0.1, 0.15) is 11.8 Å². The second-order valence-electron chi connectivity index (χ2n) is 7.13. The van der Waals surface area contributed by atoms with Gasteiger partial charge in [-0.25, -0.2) is 13.1 Å². The Morgan fingerprint density at radius 1 is 1.10 bits per heavy atom. The highest BCUT2D eigenvalue weighted by Gasteiger charge is 2.29. The molecule has 1 aliphatic rings. The Kier molecular flexibility index (Phi) is 7.24. The number of nitrogens with one attached hydrogen (secondary N) is 2. The van der Waals surface area contributed by atoms with Crippen LogP contribution in [0.15, 0.2) is 52.0 Å². The van der Waals surface area contributed by atoms with Crippen molar-refractivity contribution in [2.24, 2.45) is 0 Å². The molecule has 3 N–H and O–H groups in total. The van der Waals surface area contributed by atoms with E-state index in [0.717, 1.165) is 19.3 Å². The van der Waals surface area contributed by atoms with E-state index in [2.05, 4.69) is 10.0 Å². The molecule has 9 nitrogen and oxygen atoms in total. The second kappa shape index (κ2) is 9.88. The number of carboxylic acid groups (broad SMARTS) is 1. The molecule has 1 fully saturated rings. The zero-order valence-corrected chi connectivity index (χ0v) is 17.2. The predicted molar refractivity (Wildman–Crippen MR) is 109 cm³/mol. The molecule has 2 aromatic rings. The smallest absolute Gasteiger partial charge is 0.321 e. The van der Waals surface area contributed by atoms with Gasteiger partial charge in [0.05, 0.1) is 24.1 Å². The molecule has 0 aliphatic carbocycles. The molecule has 30 heavy (non-hydrogen) atoms. The van der Waals surface area contributed by atoms with Crippen LogP contribution in [0.3, 0.4) is 0 Å². The summed E-state index contributed by atoms with van der Waals surface area (Å²) >= 11 is 0. The van der Waals surface area contributed by atoms with Gasteiger partial charge in [-0.2, -0.15) is 0 Å². The maximum Gasteiger partial charge on any atom is 0.321 e. The fourth-order valence-electron chi connectivity index (χ4n) is 3.37. The van der Waals surface area contributed by atoms with Gasteiger partial charge in [-0.05, 0) is 62.3 Å². The monoisotopic (exact) mass is 435 g/mol. The number of anilines is 1. The third-order valence-electron chi connectivity index (χ3n) is 4.96. The number of carbonyl (C=O) groups is 2. The quantitative estimate of drug-likeness (QED) is 0.549. The molecular weight excluding hydrogens is 410 g/mol. The highest BCUT2D eigenvalue weighted by Crippen LogP contribution is 2.18. The lowest BCUT2D eigenvalue weighted by Gasteiger charge is -2.31. The van der Waals surface area contributed by atoms with Crippen molar-refractivity contribution in [1.82, 2.24) is 9.62 Å². The molecular formula is C20H25N3O6S. The molecule has 0 unspecified atom stereocenters. The van der Waals surface area contributed by atoms with E-state index in [1.165, 1.54) is 30.5 Å². The van der Waals surface area contributed by atoms with Crippen molar-refractivity contribution < 1.29 is 27.5 Å². The van der Waals surface area contributed by atoms with Crippen molar-refractivity contribution in [3.05, 3.63) is 48.4 Å². The molecule has 0 spiro atoms. The normalized spacial score (nSPS) is 16.1. The van der Waals surface area contributed by atoms with Crippen LogP contribution in [-0.2, 0) is 26.2 Å². The molecule has 1 saturated heterocycles. The van der Waals surface area contributed by atoms with Gasteiger partial charge in [-0.15, -0.1) is 0 Å². The first-order chi connectivity index (χ1) is 14.3. The molecule has 0 radical (unpaired) electrons. The number of nitrogens with zero attached hydrogens (tertiary/aromatic N) is 1. The molecule has 1 aromatic carbocycles. The van der Waals surface area contributed by atoms with Crippen molar-refractivity contribution in [1.29, 1.82) is 0 Å². The van der Waals surface area contributed by atoms with Crippen molar-refractivity contribution >= 4 is 27.6 Å². The lowest BCUT2D eigenvalue weighted by Crippen LogP contribution is -2.45. The highest BCUT2D eigenvalue weighted by atomic mass is 32.2. The lowest BCUT2D eigenvalue weighted by molar-refractivity contribution is -0.145. The fourth-order valence-corrected chi connectivity index (χ4v) is 4.36. The molecule has 1 aromatic heterocycles. The lowest BCUT2D eigenvalue weighted by atomic mass is 10.1. The average molecular weight is 436 g/mol. The number of hydrogen-bond acceptors (Lipinski definition) is 6. The summed E-state index contributed by atoms with van der Waals surface area (Å²) in [5.74, 6) is -0.959. The van der Waals surface area contributed by atoms with E-state index < -0.39 is 27.9 Å². The number of hydrogen-bond donors (Lipinski definition) is 3. The van der Waals surface area contributed by atoms with Gasteiger partial charge in [0.15, 0.2) is 0 Å². The summed E-state index contributed by atoms with van der Waals surface area (Å²) in [6.07, 6.45) is 4.21. The summed E-state index contributed by atoms with van der Waals surface area (Å²) in [6.45, 7) is 1.37. The van der Waals surface area contributed by atoms with Crippen molar-refractivity contribution in [2.45, 2.75) is 43.2 Å². The van der Waals surface area contributed by atoms with Gasteiger partial charge in [0.25, 0.3) is 0 Å². The van der Waals surface area contributed by atoms with E-state index >= 15 is 0 Å². The summed E-state index contributed by atoms with van der Waals surface area (Å²) in [5.41, 5.74) is 0.396. The topological polar surface area (TPSA) is 129 Å². The highest BCUT2D eigenvalue weighted by molar-refractivity contribution is 7.89. The number of aliphatic carboxylic acids is 1. The number of carboxylic acids is 1. The van der Waals surface area contributed by atoms with E-state index in [-0.39, 0.29) is 17.9 Å². The maximum absolute atomic E-state index is 12.3. The summed E-state index contributed by atoms with van der Waals surface area (Å²) in [4.78, 5) is 25.8. The number of likely N-dealkylation sites (tertiary alicyclic amines) is 1. The van der Waals surface area contributed by atoms with E-state index in [1.54, 1.807) is 12.1 Å². The fraction of sp³-hybridized carbons (Fsp3) is 0.400. The molecule has 0 bridgehead atoms. The molecule has 2 heterocycles. The molecule has 3 rings (SSSR count). The van der Waals surface area contributed by atoms with Gasteiger partial charge < -0.3 is 14.8 Å². The Labute approximate surface area is 175 Å². The number of amides is 1. The Balaban J connectivity index is 1.57. The molecule has 0 saturated carbocycles. The van der Waals surface area contributed by atoms with Crippen molar-refractivity contribution in [2.75, 3.05) is 18.4 Å². The minimum Gasteiger partial charge on any atom is -0.480 e. The summed E-state index contributed by atoms with van der Waals surface area (Å²) in [5, 5.41) is 12.1. The largest absolute Gasteiger partial charge is 0.480 e. The van der Waals surface area contributed by atoms with Crippen LogP contribution in [0.25, 0.3) is 0 Å². The minimum absolute atomic E-state index is 0.0287. The third-order valence-corrected chi connectivity index (χ3v) is 6.38. The molecule has 10 heteroatoms. The van der Waals surface area contributed by atoms with Gasteiger partial charge in [-0.1, -0.05) is 6.42 Å².